The number of aryl methyl sites for hydroxylation is 1. The molecule has 7 heteroatoms. The monoisotopic (exact) mass is 378 g/mol. The zero-order chi connectivity index (χ0) is 19.8. The highest BCUT2D eigenvalue weighted by atomic mass is 16.5. The van der Waals surface area contributed by atoms with Crippen LogP contribution >= 0.6 is 0 Å². The van der Waals surface area contributed by atoms with E-state index in [4.69, 9.17) is 4.74 Å². The van der Waals surface area contributed by atoms with E-state index in [-0.39, 0.29) is 17.7 Å². The second kappa shape index (κ2) is 6.99. The van der Waals surface area contributed by atoms with Crippen LogP contribution in [0.5, 0.6) is 5.75 Å². The lowest BCUT2D eigenvalue weighted by Crippen LogP contribution is -2.28. The number of nitrogens with one attached hydrogen (secondary N) is 2. The molecule has 1 aromatic heterocycles. The normalized spacial score (nSPS) is 15.8. The fourth-order valence-corrected chi connectivity index (χ4v) is 3.59. The van der Waals surface area contributed by atoms with E-state index in [1.165, 1.54) is 0 Å². The summed E-state index contributed by atoms with van der Waals surface area (Å²) in [5.41, 5.74) is 1.31. The van der Waals surface area contributed by atoms with Gasteiger partial charge in [0.2, 0.25) is 5.91 Å². The minimum atomic E-state index is -0.286. The number of nitrogens with zero attached hydrogens (tertiary/aromatic N) is 2. The van der Waals surface area contributed by atoms with Crippen LogP contribution in [-0.4, -0.2) is 28.2 Å². The van der Waals surface area contributed by atoms with E-state index >= 15 is 0 Å². The summed E-state index contributed by atoms with van der Waals surface area (Å²) in [6.07, 6.45) is 0.526. The summed E-state index contributed by atoms with van der Waals surface area (Å²) in [7, 11) is 1.74. The molecule has 2 N–H and O–H groups in total. The van der Waals surface area contributed by atoms with Gasteiger partial charge in [-0.3, -0.25) is 14.3 Å². The molecule has 28 heavy (non-hydrogen) atoms. The third-order valence-corrected chi connectivity index (χ3v) is 4.99. The van der Waals surface area contributed by atoms with Crippen molar-refractivity contribution in [3.8, 4) is 5.75 Å². The Morgan fingerprint density at radius 3 is 2.89 bits per heavy atom. The molecule has 0 spiro atoms. The SMILES string of the molecule is CCOc1ccc2ccccc2c1C(=O)Nc1nn(C)c2c1C[C@H](C)C(=O)N2. The van der Waals surface area contributed by atoms with Gasteiger partial charge < -0.3 is 15.4 Å². The van der Waals surface area contributed by atoms with E-state index in [0.29, 0.717) is 36.0 Å². The molecule has 0 saturated carbocycles. The molecule has 1 aliphatic heterocycles. The number of ether oxygens (including phenoxy) is 1. The number of aromatic nitrogens is 2. The second-order valence-electron chi connectivity index (χ2n) is 6.94. The van der Waals surface area contributed by atoms with Crippen molar-refractivity contribution in [1.82, 2.24) is 9.78 Å². The van der Waals surface area contributed by atoms with E-state index in [1.54, 1.807) is 11.7 Å². The quantitative estimate of drug-likeness (QED) is 0.729. The van der Waals surface area contributed by atoms with E-state index in [1.807, 2.05) is 50.2 Å². The molecule has 1 aliphatic rings. The van der Waals surface area contributed by atoms with Crippen molar-refractivity contribution >= 4 is 34.2 Å². The summed E-state index contributed by atoms with van der Waals surface area (Å²) in [6.45, 7) is 4.20. The van der Waals surface area contributed by atoms with Crippen molar-refractivity contribution in [1.29, 1.82) is 0 Å². The Balaban J connectivity index is 1.75. The number of amides is 2. The number of hydrogen-bond donors (Lipinski definition) is 2. The minimum Gasteiger partial charge on any atom is -0.493 e. The molecule has 0 aliphatic carbocycles. The molecule has 0 unspecified atom stereocenters. The highest BCUT2D eigenvalue weighted by Crippen LogP contribution is 2.33. The number of anilines is 2. The summed E-state index contributed by atoms with van der Waals surface area (Å²) < 4.78 is 7.29. The Hall–Kier alpha value is -3.35. The lowest BCUT2D eigenvalue weighted by atomic mass is 9.97. The van der Waals surface area contributed by atoms with Crippen LogP contribution in [0.2, 0.25) is 0 Å². The number of carbonyl (C=O) groups is 2. The van der Waals surface area contributed by atoms with Crippen molar-refractivity contribution in [3.05, 3.63) is 47.5 Å². The molecular weight excluding hydrogens is 356 g/mol. The van der Waals surface area contributed by atoms with Crippen LogP contribution in [0.3, 0.4) is 0 Å². The molecular formula is C21H22N4O3. The molecule has 2 heterocycles. The Morgan fingerprint density at radius 2 is 2.11 bits per heavy atom. The van der Waals surface area contributed by atoms with Gasteiger partial charge >= 0.3 is 0 Å². The highest BCUT2D eigenvalue weighted by Gasteiger charge is 2.29. The standard InChI is InChI=1S/C21H22N4O3/c1-4-28-16-10-9-13-7-5-6-8-14(13)17(16)21(27)22-18-15-11-12(2)20(26)23-19(15)25(3)24-18/h5-10,12H,4,11H2,1-3H3,(H,23,26)(H,22,24,27)/t12-/m0/s1. The topological polar surface area (TPSA) is 85.2 Å². The molecule has 3 aromatic rings. The van der Waals surface area contributed by atoms with Crippen molar-refractivity contribution < 1.29 is 14.3 Å². The van der Waals surface area contributed by atoms with Crippen LogP contribution in [0.25, 0.3) is 10.8 Å². The minimum absolute atomic E-state index is 0.0407. The number of benzene rings is 2. The Labute approximate surface area is 162 Å². The zero-order valence-corrected chi connectivity index (χ0v) is 16.1. The molecule has 2 amide bonds. The largest absolute Gasteiger partial charge is 0.493 e. The fourth-order valence-electron chi connectivity index (χ4n) is 3.59. The van der Waals surface area contributed by atoms with Gasteiger partial charge in [0, 0.05) is 18.5 Å². The summed E-state index contributed by atoms with van der Waals surface area (Å²) in [5.74, 6) is 1.12. The smallest absolute Gasteiger partial charge is 0.261 e. The average Bonchev–Trinajstić information content (AvgIpc) is 2.96. The van der Waals surface area contributed by atoms with Crippen molar-refractivity contribution in [3.63, 3.8) is 0 Å². The van der Waals surface area contributed by atoms with Gasteiger partial charge in [-0.15, -0.1) is 0 Å². The van der Waals surface area contributed by atoms with Crippen LogP contribution < -0.4 is 15.4 Å². The molecule has 0 bridgehead atoms. The molecule has 1 atom stereocenters. The molecule has 4 rings (SSSR count). The molecule has 0 radical (unpaired) electrons. The molecule has 7 nitrogen and oxygen atoms in total. The molecule has 144 valence electrons. The lowest BCUT2D eigenvalue weighted by molar-refractivity contribution is -0.119. The van der Waals surface area contributed by atoms with Gasteiger partial charge in [-0.1, -0.05) is 37.3 Å². The van der Waals surface area contributed by atoms with Gasteiger partial charge in [-0.2, -0.15) is 5.10 Å². The Bertz CT molecular complexity index is 1090. The zero-order valence-electron chi connectivity index (χ0n) is 16.1. The van der Waals surface area contributed by atoms with Crippen LogP contribution in [0.15, 0.2) is 36.4 Å². The van der Waals surface area contributed by atoms with Gasteiger partial charge in [-0.25, -0.2) is 0 Å². The van der Waals surface area contributed by atoms with E-state index < -0.39 is 0 Å². The summed E-state index contributed by atoms with van der Waals surface area (Å²) in [4.78, 5) is 25.2. The lowest BCUT2D eigenvalue weighted by Gasteiger charge is -2.20. The Kier molecular flexibility index (Phi) is 4.50. The van der Waals surface area contributed by atoms with Crippen molar-refractivity contribution in [2.75, 3.05) is 17.2 Å². The summed E-state index contributed by atoms with van der Waals surface area (Å²) in [5, 5.41) is 12.0. The first-order chi connectivity index (χ1) is 13.5. The van der Waals surface area contributed by atoms with Gasteiger partial charge in [0.1, 0.15) is 11.6 Å². The van der Waals surface area contributed by atoms with Gasteiger partial charge in [0.15, 0.2) is 5.82 Å². The fraction of sp³-hybridized carbons (Fsp3) is 0.286. The second-order valence-corrected chi connectivity index (χ2v) is 6.94. The maximum Gasteiger partial charge on any atom is 0.261 e. The van der Waals surface area contributed by atoms with Gasteiger partial charge in [-0.05, 0) is 30.2 Å². The van der Waals surface area contributed by atoms with E-state index in [0.717, 1.165) is 16.3 Å². The van der Waals surface area contributed by atoms with Crippen molar-refractivity contribution in [2.24, 2.45) is 13.0 Å². The van der Waals surface area contributed by atoms with Crippen LogP contribution in [0, 0.1) is 5.92 Å². The first kappa shape index (κ1) is 18.0. The van der Waals surface area contributed by atoms with Crippen LogP contribution in [0.1, 0.15) is 29.8 Å². The third kappa shape index (κ3) is 2.98. The third-order valence-electron chi connectivity index (χ3n) is 4.99. The average molecular weight is 378 g/mol. The van der Waals surface area contributed by atoms with Gasteiger partial charge in [0.25, 0.3) is 5.91 Å². The summed E-state index contributed by atoms with van der Waals surface area (Å²) >= 11 is 0. The van der Waals surface area contributed by atoms with Crippen LogP contribution in [-0.2, 0) is 18.3 Å². The van der Waals surface area contributed by atoms with Crippen molar-refractivity contribution in [2.45, 2.75) is 20.3 Å². The highest BCUT2D eigenvalue weighted by molar-refractivity contribution is 6.15. The Morgan fingerprint density at radius 1 is 1.32 bits per heavy atom. The first-order valence-corrected chi connectivity index (χ1v) is 9.32. The van der Waals surface area contributed by atoms with E-state index in [2.05, 4.69) is 15.7 Å². The van der Waals surface area contributed by atoms with Gasteiger partial charge in [0.05, 0.1) is 12.2 Å². The number of rotatable bonds is 4. The number of fused-ring (bicyclic) bond motifs is 2. The number of carbonyl (C=O) groups excluding carboxylic acids is 2. The molecule has 0 fully saturated rings. The molecule has 2 aromatic carbocycles. The predicted molar refractivity (Wildman–Crippen MR) is 108 cm³/mol. The molecule has 0 saturated heterocycles. The summed E-state index contributed by atoms with van der Waals surface area (Å²) in [6, 6.07) is 11.5. The maximum atomic E-state index is 13.2. The maximum absolute atomic E-state index is 13.2. The predicted octanol–water partition coefficient (Wildman–Crippen LogP) is 3.36. The van der Waals surface area contributed by atoms with E-state index in [9.17, 15) is 9.59 Å². The number of hydrogen-bond acceptors (Lipinski definition) is 4. The van der Waals surface area contributed by atoms with Crippen LogP contribution in [0.4, 0.5) is 11.6 Å². The first-order valence-electron chi connectivity index (χ1n) is 9.32.